The number of nitriles is 1. The smallest absolute Gasteiger partial charge is 0.329 e. The Labute approximate surface area is 257 Å². The number of benzene rings is 3. The van der Waals surface area contributed by atoms with Crippen LogP contribution in [0.1, 0.15) is 44.2 Å². The SMILES string of the molecule is CCCCN(Cc1ccc(-c2ccccc2-c2nnnn2CCC#N)cc1)C(=O)NC(Cc1ccc(O)cc1)C(=O)OCC. The number of aromatic nitrogens is 4. The highest BCUT2D eigenvalue weighted by Gasteiger charge is 2.25. The number of carbonyl (C=O) groups excluding carboxylic acids is 2. The molecule has 0 aliphatic carbocycles. The number of hydrogen-bond donors (Lipinski definition) is 2. The summed E-state index contributed by atoms with van der Waals surface area (Å²) in [4.78, 5) is 28.0. The molecule has 1 atom stereocenters. The Hall–Kier alpha value is -5.24. The van der Waals surface area contributed by atoms with Crippen LogP contribution >= 0.6 is 0 Å². The number of phenols is 1. The summed E-state index contributed by atoms with van der Waals surface area (Å²) in [5.41, 5.74) is 4.48. The number of nitrogens with zero attached hydrogens (tertiary/aromatic N) is 6. The predicted molar refractivity (Wildman–Crippen MR) is 165 cm³/mol. The largest absolute Gasteiger partial charge is 0.508 e. The van der Waals surface area contributed by atoms with Crippen molar-refractivity contribution >= 4 is 12.0 Å². The van der Waals surface area contributed by atoms with Crippen LogP contribution in [-0.2, 0) is 29.0 Å². The maximum atomic E-state index is 13.5. The number of hydrogen-bond acceptors (Lipinski definition) is 8. The number of unbranched alkanes of at least 4 members (excludes halogenated alkanes) is 1. The predicted octanol–water partition coefficient (Wildman–Crippen LogP) is 5.11. The number of tetrazole rings is 1. The lowest BCUT2D eigenvalue weighted by molar-refractivity contribution is -0.145. The first-order chi connectivity index (χ1) is 21.4. The van der Waals surface area contributed by atoms with Crippen LogP contribution in [-0.4, -0.2) is 61.4 Å². The third kappa shape index (κ3) is 8.41. The number of esters is 1. The Balaban J connectivity index is 1.51. The minimum absolute atomic E-state index is 0.126. The molecule has 0 radical (unpaired) electrons. The lowest BCUT2D eigenvalue weighted by Gasteiger charge is -2.26. The van der Waals surface area contributed by atoms with Gasteiger partial charge in [0.1, 0.15) is 11.8 Å². The van der Waals surface area contributed by atoms with Gasteiger partial charge in [-0.2, -0.15) is 5.26 Å². The number of ether oxygens (including phenoxy) is 1. The van der Waals surface area contributed by atoms with E-state index >= 15 is 0 Å². The second-order valence-corrected chi connectivity index (χ2v) is 10.3. The van der Waals surface area contributed by atoms with Crippen LogP contribution in [0.15, 0.2) is 72.8 Å². The molecule has 228 valence electrons. The average molecular weight is 596 g/mol. The van der Waals surface area contributed by atoms with E-state index in [0.717, 1.165) is 40.7 Å². The zero-order chi connectivity index (χ0) is 31.3. The van der Waals surface area contributed by atoms with Gasteiger partial charge in [-0.1, -0.05) is 74.0 Å². The van der Waals surface area contributed by atoms with Crippen molar-refractivity contribution in [3.8, 4) is 34.3 Å². The fourth-order valence-corrected chi connectivity index (χ4v) is 4.79. The Bertz CT molecular complexity index is 1560. The number of urea groups is 1. The minimum Gasteiger partial charge on any atom is -0.508 e. The van der Waals surface area contributed by atoms with E-state index < -0.39 is 12.0 Å². The van der Waals surface area contributed by atoms with Gasteiger partial charge in [0, 0.05) is 25.1 Å². The van der Waals surface area contributed by atoms with Crippen molar-refractivity contribution in [2.45, 2.75) is 58.7 Å². The molecule has 11 nitrogen and oxygen atoms in total. The standard InChI is InChI=1S/C33H37N7O4/c1-3-5-20-39(33(43)35-30(32(42)44-4-2)22-24-13-17-27(41)18-14-24)23-25-11-15-26(16-12-25)28-9-6-7-10-29(28)31-36-37-38-40(31)21-8-19-34/h6-7,9-18,30,41H,3-5,8,20-23H2,1-2H3,(H,35,43). The van der Waals surface area contributed by atoms with E-state index in [1.54, 1.807) is 40.8 Å². The molecular weight excluding hydrogens is 558 g/mol. The molecule has 44 heavy (non-hydrogen) atoms. The van der Waals surface area contributed by atoms with E-state index in [1.165, 1.54) is 0 Å². The van der Waals surface area contributed by atoms with Gasteiger partial charge in [-0.15, -0.1) is 5.10 Å². The van der Waals surface area contributed by atoms with E-state index in [-0.39, 0.29) is 24.8 Å². The summed E-state index contributed by atoms with van der Waals surface area (Å²) in [6, 6.07) is 23.2. The molecule has 4 aromatic rings. The van der Waals surface area contributed by atoms with Crippen LogP contribution in [0.25, 0.3) is 22.5 Å². The van der Waals surface area contributed by atoms with E-state index in [2.05, 4.69) is 33.8 Å². The molecule has 0 fully saturated rings. The second kappa shape index (κ2) is 15.8. The van der Waals surface area contributed by atoms with Gasteiger partial charge in [0.25, 0.3) is 0 Å². The Kier molecular flexibility index (Phi) is 11.4. The molecule has 0 spiro atoms. The molecule has 1 heterocycles. The lowest BCUT2D eigenvalue weighted by atomic mass is 9.98. The summed E-state index contributed by atoms with van der Waals surface area (Å²) < 4.78 is 6.88. The Morgan fingerprint density at radius 1 is 1.02 bits per heavy atom. The highest BCUT2D eigenvalue weighted by atomic mass is 16.5. The fraction of sp³-hybridized carbons (Fsp3) is 0.333. The maximum absolute atomic E-state index is 13.5. The normalized spacial score (nSPS) is 11.4. The van der Waals surface area contributed by atoms with Gasteiger partial charge in [0.2, 0.25) is 0 Å². The molecule has 2 N–H and O–H groups in total. The van der Waals surface area contributed by atoms with Gasteiger partial charge in [0.05, 0.1) is 25.6 Å². The Morgan fingerprint density at radius 2 is 1.73 bits per heavy atom. The summed E-state index contributed by atoms with van der Waals surface area (Å²) in [5, 5.41) is 33.6. The summed E-state index contributed by atoms with van der Waals surface area (Å²) in [5.74, 6) is 0.207. The van der Waals surface area contributed by atoms with Crippen LogP contribution in [0.5, 0.6) is 5.75 Å². The topological polar surface area (TPSA) is 146 Å². The van der Waals surface area contributed by atoms with Crippen molar-refractivity contribution in [3.63, 3.8) is 0 Å². The molecule has 3 aromatic carbocycles. The summed E-state index contributed by atoms with van der Waals surface area (Å²) in [6.45, 7) is 5.26. The van der Waals surface area contributed by atoms with Crippen LogP contribution in [0.2, 0.25) is 0 Å². The van der Waals surface area contributed by atoms with Crippen molar-refractivity contribution in [1.29, 1.82) is 5.26 Å². The van der Waals surface area contributed by atoms with E-state index in [4.69, 9.17) is 10.00 Å². The number of rotatable bonds is 14. The van der Waals surface area contributed by atoms with Crippen LogP contribution in [0, 0.1) is 11.3 Å². The van der Waals surface area contributed by atoms with Crippen LogP contribution in [0.3, 0.4) is 0 Å². The number of nitrogens with one attached hydrogen (secondary N) is 1. The van der Waals surface area contributed by atoms with Crippen molar-refractivity contribution in [2.75, 3.05) is 13.2 Å². The number of aryl methyl sites for hydroxylation is 1. The number of aromatic hydroxyl groups is 1. The number of amides is 2. The minimum atomic E-state index is -0.875. The maximum Gasteiger partial charge on any atom is 0.329 e. The van der Waals surface area contributed by atoms with Crippen LogP contribution in [0.4, 0.5) is 4.79 Å². The lowest BCUT2D eigenvalue weighted by Crippen LogP contribution is -2.49. The summed E-state index contributed by atoms with van der Waals surface area (Å²) in [6.07, 6.45) is 2.25. The molecule has 11 heteroatoms. The van der Waals surface area contributed by atoms with E-state index in [0.29, 0.717) is 31.9 Å². The monoisotopic (exact) mass is 595 g/mol. The average Bonchev–Trinajstić information content (AvgIpc) is 3.51. The molecule has 0 aliphatic rings. The molecule has 0 bridgehead atoms. The summed E-state index contributed by atoms with van der Waals surface area (Å²) in [7, 11) is 0. The van der Waals surface area contributed by atoms with Crippen molar-refractivity contribution in [1.82, 2.24) is 30.4 Å². The van der Waals surface area contributed by atoms with E-state index in [1.807, 2.05) is 48.5 Å². The highest BCUT2D eigenvalue weighted by Crippen LogP contribution is 2.31. The molecule has 1 aromatic heterocycles. The number of phenolic OH excluding ortho intramolecular Hbond substituents is 1. The van der Waals surface area contributed by atoms with Gasteiger partial charge < -0.3 is 20.1 Å². The van der Waals surface area contributed by atoms with E-state index in [9.17, 15) is 14.7 Å². The molecule has 4 rings (SSSR count). The summed E-state index contributed by atoms with van der Waals surface area (Å²) >= 11 is 0. The number of carbonyl (C=O) groups is 2. The highest BCUT2D eigenvalue weighted by molar-refractivity contribution is 5.84. The van der Waals surface area contributed by atoms with Crippen molar-refractivity contribution in [2.24, 2.45) is 0 Å². The van der Waals surface area contributed by atoms with Crippen molar-refractivity contribution in [3.05, 3.63) is 83.9 Å². The van der Waals surface area contributed by atoms with Gasteiger partial charge in [-0.25, -0.2) is 14.3 Å². The quantitative estimate of drug-likeness (QED) is 0.191. The molecule has 0 aliphatic heterocycles. The van der Waals surface area contributed by atoms with Gasteiger partial charge >= 0.3 is 12.0 Å². The molecule has 0 saturated heterocycles. The van der Waals surface area contributed by atoms with Crippen LogP contribution < -0.4 is 5.32 Å². The molecule has 1 unspecified atom stereocenters. The second-order valence-electron chi connectivity index (χ2n) is 10.3. The zero-order valence-corrected chi connectivity index (χ0v) is 25.0. The fourth-order valence-electron chi connectivity index (χ4n) is 4.79. The first kappa shape index (κ1) is 31.7. The third-order valence-electron chi connectivity index (χ3n) is 7.09. The molecule has 2 amide bonds. The van der Waals surface area contributed by atoms with Crippen molar-refractivity contribution < 1.29 is 19.4 Å². The zero-order valence-electron chi connectivity index (χ0n) is 25.0. The molecule has 0 saturated carbocycles. The first-order valence-electron chi connectivity index (χ1n) is 14.7. The Morgan fingerprint density at radius 3 is 2.41 bits per heavy atom. The third-order valence-corrected chi connectivity index (χ3v) is 7.09. The van der Waals surface area contributed by atoms with Gasteiger partial charge in [0.15, 0.2) is 5.82 Å². The van der Waals surface area contributed by atoms with Gasteiger partial charge in [-0.3, -0.25) is 0 Å². The van der Waals surface area contributed by atoms with Gasteiger partial charge in [-0.05, 0) is 58.2 Å². The first-order valence-corrected chi connectivity index (χ1v) is 14.7. The molecular formula is C33H37N7O4.